The van der Waals surface area contributed by atoms with E-state index in [1.165, 1.54) is 38.5 Å². The summed E-state index contributed by atoms with van der Waals surface area (Å²) in [7, 11) is 0. The zero-order chi connectivity index (χ0) is 10.1. The molecular weight excluding hydrogens is 174 g/mol. The van der Waals surface area contributed by atoms with Crippen molar-refractivity contribution in [2.45, 2.75) is 45.4 Å². The smallest absolute Gasteiger partial charge is 0.0594 e. The summed E-state index contributed by atoms with van der Waals surface area (Å²) in [5.41, 5.74) is 0. The number of rotatable bonds is 7. The van der Waals surface area contributed by atoms with Gasteiger partial charge in [0.25, 0.3) is 0 Å². The molecule has 0 amide bonds. The number of hydrogen-bond acceptors (Lipinski definition) is 2. The zero-order valence-electron chi connectivity index (χ0n) is 9.50. The lowest BCUT2D eigenvalue weighted by atomic mass is 10.1. The number of morpholine rings is 1. The molecule has 2 nitrogen and oxygen atoms in total. The first-order valence-electron chi connectivity index (χ1n) is 6.08. The van der Waals surface area contributed by atoms with Crippen LogP contribution in [0.2, 0.25) is 0 Å². The third kappa shape index (κ3) is 5.61. The third-order valence-corrected chi connectivity index (χ3v) is 2.74. The van der Waals surface area contributed by atoms with E-state index in [1.54, 1.807) is 0 Å². The molecule has 1 radical (unpaired) electrons. The van der Waals surface area contributed by atoms with Crippen LogP contribution in [0.15, 0.2) is 0 Å². The normalized spacial score (nSPS) is 18.6. The first-order valence-corrected chi connectivity index (χ1v) is 6.08. The molecule has 1 aliphatic rings. The predicted molar refractivity (Wildman–Crippen MR) is 60.1 cm³/mol. The fourth-order valence-electron chi connectivity index (χ4n) is 1.78. The molecule has 0 bridgehead atoms. The second kappa shape index (κ2) is 8.25. The Morgan fingerprint density at radius 2 is 1.79 bits per heavy atom. The molecule has 1 aliphatic heterocycles. The van der Waals surface area contributed by atoms with E-state index in [4.69, 9.17) is 4.74 Å². The summed E-state index contributed by atoms with van der Waals surface area (Å²) >= 11 is 0. The Labute approximate surface area is 88.6 Å². The van der Waals surface area contributed by atoms with Crippen LogP contribution in [0, 0.1) is 6.54 Å². The highest BCUT2D eigenvalue weighted by Gasteiger charge is 2.09. The summed E-state index contributed by atoms with van der Waals surface area (Å²) in [4.78, 5) is 2.41. The SMILES string of the molecule is CCCCCCC[CH]N1CCOCC1. The van der Waals surface area contributed by atoms with Crippen LogP contribution in [0.3, 0.4) is 0 Å². The predicted octanol–water partition coefficient (Wildman–Crippen LogP) is 2.84. The van der Waals surface area contributed by atoms with E-state index in [2.05, 4.69) is 18.4 Å². The molecule has 0 saturated carbocycles. The summed E-state index contributed by atoms with van der Waals surface area (Å²) in [6, 6.07) is 0. The molecule has 0 N–H and O–H groups in total. The average Bonchev–Trinajstić information content (AvgIpc) is 2.25. The summed E-state index contributed by atoms with van der Waals surface area (Å²) in [5, 5.41) is 0. The van der Waals surface area contributed by atoms with E-state index in [1.807, 2.05) is 0 Å². The third-order valence-electron chi connectivity index (χ3n) is 2.74. The van der Waals surface area contributed by atoms with Crippen molar-refractivity contribution in [2.24, 2.45) is 0 Å². The molecule has 0 aromatic heterocycles. The van der Waals surface area contributed by atoms with Gasteiger partial charge in [-0.1, -0.05) is 39.0 Å². The average molecular weight is 198 g/mol. The van der Waals surface area contributed by atoms with Gasteiger partial charge in [-0.05, 0) is 6.42 Å². The van der Waals surface area contributed by atoms with Gasteiger partial charge < -0.3 is 4.74 Å². The lowest BCUT2D eigenvalue weighted by Crippen LogP contribution is -2.34. The summed E-state index contributed by atoms with van der Waals surface area (Å²) < 4.78 is 5.30. The monoisotopic (exact) mass is 198 g/mol. The van der Waals surface area contributed by atoms with E-state index >= 15 is 0 Å². The van der Waals surface area contributed by atoms with Gasteiger partial charge in [-0.2, -0.15) is 0 Å². The van der Waals surface area contributed by atoms with Crippen molar-refractivity contribution in [3.05, 3.63) is 6.54 Å². The minimum absolute atomic E-state index is 0.909. The molecule has 14 heavy (non-hydrogen) atoms. The molecule has 2 heteroatoms. The van der Waals surface area contributed by atoms with E-state index in [-0.39, 0.29) is 0 Å². The topological polar surface area (TPSA) is 12.5 Å². The van der Waals surface area contributed by atoms with Gasteiger partial charge >= 0.3 is 0 Å². The van der Waals surface area contributed by atoms with Crippen molar-refractivity contribution in [1.29, 1.82) is 0 Å². The van der Waals surface area contributed by atoms with Gasteiger partial charge in [0.1, 0.15) is 0 Å². The van der Waals surface area contributed by atoms with Crippen LogP contribution in [-0.2, 0) is 4.74 Å². The van der Waals surface area contributed by atoms with Gasteiger partial charge in [-0.15, -0.1) is 0 Å². The lowest BCUT2D eigenvalue weighted by molar-refractivity contribution is 0.0498. The van der Waals surface area contributed by atoms with Gasteiger partial charge in [0, 0.05) is 19.6 Å². The fraction of sp³-hybridized carbons (Fsp3) is 0.917. The standard InChI is InChI=1S/C12H24NO/c1-2-3-4-5-6-7-8-13-9-11-14-12-10-13/h8H,2-7,9-12H2,1H3. The van der Waals surface area contributed by atoms with Gasteiger partial charge in [0.05, 0.1) is 13.2 Å². The highest BCUT2D eigenvalue weighted by atomic mass is 16.5. The summed E-state index contributed by atoms with van der Waals surface area (Å²) in [6.07, 6.45) is 8.16. The molecule has 0 unspecified atom stereocenters. The number of unbranched alkanes of at least 4 members (excludes halogenated alkanes) is 5. The maximum absolute atomic E-state index is 5.30. The Morgan fingerprint density at radius 1 is 1.07 bits per heavy atom. The maximum atomic E-state index is 5.30. The Balaban J connectivity index is 1.82. The minimum atomic E-state index is 0.909. The first-order chi connectivity index (χ1) is 6.93. The molecule has 1 saturated heterocycles. The van der Waals surface area contributed by atoms with Gasteiger partial charge in [-0.3, -0.25) is 4.90 Å². The molecular formula is C12H24NO. The Hall–Kier alpha value is -0.0800. The molecule has 1 fully saturated rings. The van der Waals surface area contributed by atoms with Crippen molar-refractivity contribution in [1.82, 2.24) is 4.90 Å². The molecule has 0 spiro atoms. The number of ether oxygens (including phenoxy) is 1. The van der Waals surface area contributed by atoms with Crippen molar-refractivity contribution in [3.8, 4) is 0 Å². The maximum Gasteiger partial charge on any atom is 0.0594 e. The first kappa shape index (κ1) is 12.0. The molecule has 1 heterocycles. The Morgan fingerprint density at radius 3 is 2.50 bits per heavy atom. The van der Waals surface area contributed by atoms with E-state index in [0.717, 1.165) is 26.3 Å². The van der Waals surface area contributed by atoms with Crippen molar-refractivity contribution < 1.29 is 4.74 Å². The van der Waals surface area contributed by atoms with Crippen LogP contribution in [0.5, 0.6) is 0 Å². The molecule has 0 aromatic rings. The van der Waals surface area contributed by atoms with Crippen LogP contribution >= 0.6 is 0 Å². The second-order valence-corrected chi connectivity index (χ2v) is 4.03. The highest BCUT2D eigenvalue weighted by Crippen LogP contribution is 2.09. The lowest BCUT2D eigenvalue weighted by Gasteiger charge is -2.25. The minimum Gasteiger partial charge on any atom is -0.379 e. The number of hydrogen-bond donors (Lipinski definition) is 0. The van der Waals surface area contributed by atoms with Crippen molar-refractivity contribution in [3.63, 3.8) is 0 Å². The summed E-state index contributed by atoms with van der Waals surface area (Å²) in [5.74, 6) is 0. The molecule has 0 aromatic carbocycles. The van der Waals surface area contributed by atoms with Crippen LogP contribution < -0.4 is 0 Å². The molecule has 1 rings (SSSR count). The van der Waals surface area contributed by atoms with E-state index in [9.17, 15) is 0 Å². The van der Waals surface area contributed by atoms with E-state index < -0.39 is 0 Å². The van der Waals surface area contributed by atoms with E-state index in [0.29, 0.717) is 0 Å². The molecule has 0 aliphatic carbocycles. The van der Waals surface area contributed by atoms with Crippen LogP contribution in [0.4, 0.5) is 0 Å². The van der Waals surface area contributed by atoms with Crippen LogP contribution in [0.1, 0.15) is 45.4 Å². The Kier molecular flexibility index (Phi) is 7.06. The second-order valence-electron chi connectivity index (χ2n) is 4.03. The molecule has 83 valence electrons. The fourth-order valence-corrected chi connectivity index (χ4v) is 1.78. The Bertz CT molecular complexity index is 121. The quantitative estimate of drug-likeness (QED) is 0.583. The van der Waals surface area contributed by atoms with Crippen molar-refractivity contribution >= 4 is 0 Å². The summed E-state index contributed by atoms with van der Waals surface area (Å²) in [6.45, 7) is 8.64. The van der Waals surface area contributed by atoms with Crippen molar-refractivity contribution in [2.75, 3.05) is 26.3 Å². The number of nitrogens with zero attached hydrogens (tertiary/aromatic N) is 1. The van der Waals surface area contributed by atoms with Crippen LogP contribution in [-0.4, -0.2) is 31.2 Å². The largest absolute Gasteiger partial charge is 0.379 e. The van der Waals surface area contributed by atoms with Crippen LogP contribution in [0.25, 0.3) is 0 Å². The van der Waals surface area contributed by atoms with Gasteiger partial charge in [0.2, 0.25) is 0 Å². The zero-order valence-corrected chi connectivity index (χ0v) is 9.50. The van der Waals surface area contributed by atoms with Gasteiger partial charge in [0.15, 0.2) is 0 Å². The highest BCUT2D eigenvalue weighted by molar-refractivity contribution is 4.71. The molecule has 0 atom stereocenters. The van der Waals surface area contributed by atoms with Gasteiger partial charge in [-0.25, -0.2) is 0 Å².